The SMILES string of the molecule is Cc1cccc(C)c1NC(=O)COC(=O)c1ccccc1NCCO. The molecule has 0 saturated carbocycles. The molecule has 0 aliphatic carbocycles. The molecule has 132 valence electrons. The lowest BCUT2D eigenvalue weighted by Gasteiger charge is -2.13. The van der Waals surface area contributed by atoms with Crippen LogP contribution in [-0.2, 0) is 9.53 Å². The van der Waals surface area contributed by atoms with Gasteiger partial charge in [-0.2, -0.15) is 0 Å². The van der Waals surface area contributed by atoms with Gasteiger partial charge in [-0.15, -0.1) is 0 Å². The molecule has 0 bridgehead atoms. The number of carbonyl (C=O) groups excluding carboxylic acids is 2. The molecule has 25 heavy (non-hydrogen) atoms. The fourth-order valence-electron chi connectivity index (χ4n) is 2.40. The van der Waals surface area contributed by atoms with E-state index in [4.69, 9.17) is 9.84 Å². The molecule has 2 rings (SSSR count). The van der Waals surface area contributed by atoms with Crippen LogP contribution in [0, 0.1) is 13.8 Å². The molecule has 0 fully saturated rings. The lowest BCUT2D eigenvalue weighted by Crippen LogP contribution is -2.22. The van der Waals surface area contributed by atoms with E-state index in [0.29, 0.717) is 17.8 Å². The normalized spacial score (nSPS) is 10.2. The van der Waals surface area contributed by atoms with Crippen LogP contribution in [0.4, 0.5) is 11.4 Å². The van der Waals surface area contributed by atoms with Crippen LogP contribution in [0.2, 0.25) is 0 Å². The molecule has 0 aliphatic rings. The third kappa shape index (κ3) is 5.06. The van der Waals surface area contributed by atoms with Crippen molar-refractivity contribution in [3.05, 3.63) is 59.2 Å². The Labute approximate surface area is 146 Å². The van der Waals surface area contributed by atoms with Crippen LogP contribution in [0.3, 0.4) is 0 Å². The Kier molecular flexibility index (Phi) is 6.54. The summed E-state index contributed by atoms with van der Waals surface area (Å²) in [5, 5.41) is 14.6. The molecule has 0 aliphatic heterocycles. The summed E-state index contributed by atoms with van der Waals surface area (Å²) in [6, 6.07) is 12.5. The van der Waals surface area contributed by atoms with E-state index in [0.717, 1.165) is 16.8 Å². The van der Waals surface area contributed by atoms with Gasteiger partial charge in [0.1, 0.15) is 0 Å². The predicted molar refractivity (Wildman–Crippen MR) is 96.8 cm³/mol. The second kappa shape index (κ2) is 8.84. The van der Waals surface area contributed by atoms with Crippen molar-refractivity contribution in [3.8, 4) is 0 Å². The Balaban J connectivity index is 1.97. The van der Waals surface area contributed by atoms with Gasteiger partial charge < -0.3 is 20.5 Å². The first-order valence-corrected chi connectivity index (χ1v) is 8.00. The van der Waals surface area contributed by atoms with Crippen molar-refractivity contribution in [2.45, 2.75) is 13.8 Å². The summed E-state index contributed by atoms with van der Waals surface area (Å²) in [5.74, 6) is -0.996. The highest BCUT2D eigenvalue weighted by atomic mass is 16.5. The van der Waals surface area contributed by atoms with Gasteiger partial charge in [0.05, 0.1) is 12.2 Å². The van der Waals surface area contributed by atoms with Crippen LogP contribution in [0.1, 0.15) is 21.5 Å². The molecule has 0 atom stereocenters. The quantitative estimate of drug-likeness (QED) is 0.673. The number of aryl methyl sites for hydroxylation is 2. The Hall–Kier alpha value is -2.86. The number of para-hydroxylation sites is 2. The van der Waals surface area contributed by atoms with Crippen LogP contribution in [0.15, 0.2) is 42.5 Å². The van der Waals surface area contributed by atoms with Gasteiger partial charge in [-0.25, -0.2) is 4.79 Å². The number of aliphatic hydroxyl groups is 1. The summed E-state index contributed by atoms with van der Waals surface area (Å²) in [6.45, 7) is 3.69. The van der Waals surface area contributed by atoms with E-state index < -0.39 is 11.9 Å². The highest BCUT2D eigenvalue weighted by Crippen LogP contribution is 2.19. The molecule has 2 aromatic rings. The Morgan fingerprint density at radius 3 is 2.40 bits per heavy atom. The standard InChI is InChI=1S/C19H22N2O4/c1-13-6-5-7-14(2)18(13)21-17(23)12-25-19(24)15-8-3-4-9-16(15)20-10-11-22/h3-9,20,22H,10-12H2,1-2H3,(H,21,23). The third-order valence-electron chi connectivity index (χ3n) is 3.65. The van der Waals surface area contributed by atoms with Crippen LogP contribution in [0.25, 0.3) is 0 Å². The lowest BCUT2D eigenvalue weighted by molar-refractivity contribution is -0.119. The van der Waals surface area contributed by atoms with Gasteiger partial charge >= 0.3 is 5.97 Å². The summed E-state index contributed by atoms with van der Waals surface area (Å²) in [6.07, 6.45) is 0. The molecule has 0 aromatic heterocycles. The minimum Gasteiger partial charge on any atom is -0.452 e. The maximum atomic E-state index is 12.2. The van der Waals surface area contributed by atoms with E-state index in [1.54, 1.807) is 24.3 Å². The Morgan fingerprint density at radius 1 is 1.04 bits per heavy atom. The van der Waals surface area contributed by atoms with Crippen LogP contribution < -0.4 is 10.6 Å². The van der Waals surface area contributed by atoms with Crippen molar-refractivity contribution >= 4 is 23.3 Å². The fourth-order valence-corrected chi connectivity index (χ4v) is 2.40. The number of anilines is 2. The minimum absolute atomic E-state index is 0.0540. The first kappa shape index (κ1) is 18.5. The second-order valence-electron chi connectivity index (χ2n) is 5.59. The fraction of sp³-hybridized carbons (Fsp3) is 0.263. The first-order chi connectivity index (χ1) is 12.0. The van der Waals surface area contributed by atoms with Gasteiger partial charge in [-0.05, 0) is 37.1 Å². The van der Waals surface area contributed by atoms with Crippen molar-refractivity contribution in [2.75, 3.05) is 30.4 Å². The molecule has 6 nitrogen and oxygen atoms in total. The smallest absolute Gasteiger partial charge is 0.340 e. The number of rotatable bonds is 7. The van der Waals surface area contributed by atoms with E-state index in [1.807, 2.05) is 32.0 Å². The number of aliphatic hydroxyl groups excluding tert-OH is 1. The molecule has 0 spiro atoms. The van der Waals surface area contributed by atoms with Gasteiger partial charge in [-0.3, -0.25) is 4.79 Å². The molecular formula is C19H22N2O4. The monoisotopic (exact) mass is 342 g/mol. The minimum atomic E-state index is -0.599. The van der Waals surface area contributed by atoms with Crippen molar-refractivity contribution < 1.29 is 19.4 Å². The number of nitrogens with one attached hydrogen (secondary N) is 2. The molecule has 0 heterocycles. The third-order valence-corrected chi connectivity index (χ3v) is 3.65. The lowest BCUT2D eigenvalue weighted by atomic mass is 10.1. The summed E-state index contributed by atoms with van der Waals surface area (Å²) >= 11 is 0. The number of benzene rings is 2. The maximum absolute atomic E-state index is 12.2. The average molecular weight is 342 g/mol. The topological polar surface area (TPSA) is 87.7 Å². The highest BCUT2D eigenvalue weighted by Gasteiger charge is 2.15. The molecule has 0 unspecified atom stereocenters. The number of amides is 1. The molecule has 3 N–H and O–H groups in total. The van der Waals surface area contributed by atoms with Gasteiger partial charge in [0, 0.05) is 17.9 Å². The van der Waals surface area contributed by atoms with E-state index in [9.17, 15) is 9.59 Å². The molecule has 6 heteroatoms. The summed E-state index contributed by atoms with van der Waals surface area (Å²) in [7, 11) is 0. The Morgan fingerprint density at radius 2 is 1.72 bits per heavy atom. The predicted octanol–water partition coefficient (Wildman–Crippen LogP) is 2.50. The van der Waals surface area contributed by atoms with Crippen molar-refractivity contribution in [1.82, 2.24) is 0 Å². The van der Waals surface area contributed by atoms with Crippen molar-refractivity contribution in [3.63, 3.8) is 0 Å². The molecule has 2 aromatic carbocycles. The maximum Gasteiger partial charge on any atom is 0.340 e. The molecule has 0 saturated heterocycles. The van der Waals surface area contributed by atoms with Gasteiger partial charge in [-0.1, -0.05) is 30.3 Å². The van der Waals surface area contributed by atoms with Gasteiger partial charge in [0.25, 0.3) is 5.91 Å². The largest absolute Gasteiger partial charge is 0.452 e. The van der Waals surface area contributed by atoms with Gasteiger partial charge in [0.15, 0.2) is 6.61 Å². The second-order valence-corrected chi connectivity index (χ2v) is 5.59. The zero-order valence-electron chi connectivity index (χ0n) is 14.3. The van der Waals surface area contributed by atoms with Crippen molar-refractivity contribution in [1.29, 1.82) is 0 Å². The number of carbonyl (C=O) groups is 2. The summed E-state index contributed by atoms with van der Waals surface area (Å²) in [4.78, 5) is 24.3. The summed E-state index contributed by atoms with van der Waals surface area (Å²) in [5.41, 5.74) is 3.48. The van der Waals surface area contributed by atoms with Crippen LogP contribution in [0.5, 0.6) is 0 Å². The van der Waals surface area contributed by atoms with E-state index in [2.05, 4.69) is 10.6 Å². The number of hydrogen-bond acceptors (Lipinski definition) is 5. The van der Waals surface area contributed by atoms with E-state index >= 15 is 0 Å². The molecular weight excluding hydrogens is 320 g/mol. The van der Waals surface area contributed by atoms with Gasteiger partial charge in [0.2, 0.25) is 0 Å². The zero-order chi connectivity index (χ0) is 18.2. The average Bonchev–Trinajstić information content (AvgIpc) is 2.61. The van der Waals surface area contributed by atoms with Crippen molar-refractivity contribution in [2.24, 2.45) is 0 Å². The van der Waals surface area contributed by atoms with Crippen LogP contribution >= 0.6 is 0 Å². The van der Waals surface area contributed by atoms with E-state index in [1.165, 1.54) is 0 Å². The first-order valence-electron chi connectivity index (χ1n) is 8.00. The number of hydrogen-bond donors (Lipinski definition) is 3. The molecule has 1 amide bonds. The molecule has 0 radical (unpaired) electrons. The highest BCUT2D eigenvalue weighted by molar-refractivity contribution is 5.99. The van der Waals surface area contributed by atoms with Crippen LogP contribution in [-0.4, -0.2) is 36.7 Å². The number of esters is 1. The number of ether oxygens (including phenoxy) is 1. The van der Waals surface area contributed by atoms with E-state index in [-0.39, 0.29) is 13.2 Å². The summed E-state index contributed by atoms with van der Waals surface area (Å²) < 4.78 is 5.11. The zero-order valence-corrected chi connectivity index (χ0v) is 14.3. The Bertz CT molecular complexity index is 739.